The van der Waals surface area contributed by atoms with Gasteiger partial charge in [-0.05, 0) is 48.5 Å². The molecule has 2 heterocycles. The molecule has 1 atom stereocenters. The average Bonchev–Trinajstić information content (AvgIpc) is 3.25. The normalized spacial score (nSPS) is 12.9. The molecule has 0 saturated heterocycles. The van der Waals surface area contributed by atoms with E-state index in [1.54, 1.807) is 23.1 Å². The quantitative estimate of drug-likeness (QED) is 0.239. The third-order valence-corrected chi connectivity index (χ3v) is 8.17. The number of fused-ring (bicyclic) bond motifs is 4. The number of hydrogen-bond donors (Lipinski definition) is 1. The van der Waals surface area contributed by atoms with Gasteiger partial charge in [-0.3, -0.25) is 0 Å². The Hall–Kier alpha value is -1.38. The van der Waals surface area contributed by atoms with E-state index in [2.05, 4.69) is 83.9 Å². The lowest BCUT2D eigenvalue weighted by molar-refractivity contribution is 0.181. The van der Waals surface area contributed by atoms with E-state index in [9.17, 15) is 5.11 Å². The number of thiazole rings is 1. The Morgan fingerprint density at radius 3 is 2.28 bits per heavy atom. The van der Waals surface area contributed by atoms with Gasteiger partial charge >= 0.3 is 0 Å². The van der Waals surface area contributed by atoms with Gasteiger partial charge in [-0.15, -0.1) is 11.3 Å². The molecule has 3 aromatic carbocycles. The van der Waals surface area contributed by atoms with Crippen molar-refractivity contribution in [3.05, 3.63) is 69.6 Å². The van der Waals surface area contributed by atoms with E-state index >= 15 is 0 Å². The van der Waals surface area contributed by atoms with Crippen LogP contribution in [0.3, 0.4) is 0 Å². The highest BCUT2D eigenvalue weighted by Crippen LogP contribution is 2.34. The molecule has 5 rings (SSSR count). The monoisotopic (exact) mass is 546 g/mol. The van der Waals surface area contributed by atoms with Crippen LogP contribution in [-0.4, -0.2) is 26.5 Å². The molecule has 0 aliphatic carbocycles. The van der Waals surface area contributed by atoms with Crippen LogP contribution in [-0.2, 0) is 6.54 Å². The highest BCUT2D eigenvalue weighted by molar-refractivity contribution is 9.10. The molecule has 0 amide bonds. The minimum Gasteiger partial charge on any atom is -0.390 e. The third-order valence-electron chi connectivity index (χ3n) is 4.86. The van der Waals surface area contributed by atoms with Crippen LogP contribution in [0.5, 0.6) is 0 Å². The molecule has 0 spiro atoms. The topological polar surface area (TPSA) is 38.1 Å². The van der Waals surface area contributed by atoms with E-state index in [4.69, 9.17) is 0 Å². The third kappa shape index (κ3) is 3.86. The smallest absolute Gasteiger partial charge is 0.151 e. The van der Waals surface area contributed by atoms with Gasteiger partial charge in [0, 0.05) is 36.5 Å². The molecule has 3 nitrogen and oxygen atoms in total. The summed E-state index contributed by atoms with van der Waals surface area (Å²) in [5.74, 6) is 0.605. The fraction of sp³-hybridized carbons (Fsp3) is 0.136. The van der Waals surface area contributed by atoms with Crippen molar-refractivity contribution in [3.63, 3.8) is 0 Å². The summed E-state index contributed by atoms with van der Waals surface area (Å²) in [6.45, 7) is 0.543. The van der Waals surface area contributed by atoms with Gasteiger partial charge in [-0.25, -0.2) is 4.98 Å². The van der Waals surface area contributed by atoms with Gasteiger partial charge in [0.25, 0.3) is 0 Å². The Labute approximate surface area is 193 Å². The number of hydrogen-bond acceptors (Lipinski definition) is 4. The minimum absolute atomic E-state index is 0.474. The number of halogens is 2. The molecule has 0 aliphatic rings. The van der Waals surface area contributed by atoms with Crippen LogP contribution < -0.4 is 0 Å². The first-order valence-electron chi connectivity index (χ1n) is 9.12. The van der Waals surface area contributed by atoms with Crippen LogP contribution >= 0.6 is 55.0 Å². The Morgan fingerprint density at radius 1 is 0.966 bits per heavy atom. The van der Waals surface area contributed by atoms with E-state index in [0.29, 0.717) is 12.3 Å². The summed E-state index contributed by atoms with van der Waals surface area (Å²) in [7, 11) is 0. The highest BCUT2D eigenvalue weighted by Gasteiger charge is 2.15. The maximum absolute atomic E-state index is 10.8. The van der Waals surface area contributed by atoms with E-state index in [-0.39, 0.29) is 0 Å². The van der Waals surface area contributed by atoms with Gasteiger partial charge in [-0.1, -0.05) is 55.8 Å². The lowest BCUT2D eigenvalue weighted by Crippen LogP contribution is -2.18. The van der Waals surface area contributed by atoms with E-state index in [1.807, 2.05) is 18.2 Å². The Kier molecular flexibility index (Phi) is 5.43. The van der Waals surface area contributed by atoms with Crippen molar-refractivity contribution in [1.82, 2.24) is 9.55 Å². The molecule has 0 unspecified atom stereocenters. The Morgan fingerprint density at radius 2 is 1.62 bits per heavy atom. The predicted octanol–water partition coefficient (Wildman–Crippen LogP) is 7.08. The van der Waals surface area contributed by atoms with Crippen molar-refractivity contribution in [2.24, 2.45) is 0 Å². The van der Waals surface area contributed by atoms with Crippen molar-refractivity contribution in [2.75, 3.05) is 5.75 Å². The maximum Gasteiger partial charge on any atom is 0.151 e. The number of thioether (sulfide) groups is 1. The van der Waals surface area contributed by atoms with Crippen LogP contribution in [0.25, 0.3) is 32.0 Å². The van der Waals surface area contributed by atoms with Gasteiger partial charge in [0.15, 0.2) is 4.34 Å². The second-order valence-corrected chi connectivity index (χ2v) is 11.0. The number of aliphatic hydroxyl groups is 1. The van der Waals surface area contributed by atoms with Gasteiger partial charge < -0.3 is 9.67 Å². The number of rotatable bonds is 5. The van der Waals surface area contributed by atoms with Crippen LogP contribution in [0.2, 0.25) is 0 Å². The molecule has 146 valence electrons. The summed E-state index contributed by atoms with van der Waals surface area (Å²) in [5, 5.41) is 13.2. The van der Waals surface area contributed by atoms with Crippen LogP contribution in [0.4, 0.5) is 0 Å². The van der Waals surface area contributed by atoms with Gasteiger partial charge in [0.05, 0.1) is 22.9 Å². The van der Waals surface area contributed by atoms with Gasteiger partial charge in [-0.2, -0.15) is 0 Å². The Balaban J connectivity index is 1.42. The number of para-hydroxylation sites is 1. The zero-order chi connectivity index (χ0) is 20.0. The molecule has 7 heteroatoms. The molecule has 1 N–H and O–H groups in total. The fourth-order valence-electron chi connectivity index (χ4n) is 3.59. The average molecular weight is 548 g/mol. The van der Waals surface area contributed by atoms with Crippen LogP contribution in [0.15, 0.2) is 73.9 Å². The molecular weight excluding hydrogens is 532 g/mol. The van der Waals surface area contributed by atoms with E-state index < -0.39 is 6.10 Å². The molecular formula is C22H16Br2N2OS2. The molecule has 0 radical (unpaired) electrons. The van der Waals surface area contributed by atoms with Crippen molar-refractivity contribution in [2.45, 2.75) is 17.0 Å². The molecule has 5 aromatic rings. The number of nitrogens with zero attached hydrogens (tertiary/aromatic N) is 2. The van der Waals surface area contributed by atoms with Crippen LogP contribution in [0, 0.1) is 0 Å². The summed E-state index contributed by atoms with van der Waals surface area (Å²) >= 11 is 10.5. The first-order chi connectivity index (χ1) is 14.1. The summed E-state index contributed by atoms with van der Waals surface area (Å²) in [6, 6.07) is 20.8. The maximum atomic E-state index is 10.8. The van der Waals surface area contributed by atoms with Crippen molar-refractivity contribution in [3.8, 4) is 0 Å². The molecule has 29 heavy (non-hydrogen) atoms. The largest absolute Gasteiger partial charge is 0.390 e. The predicted molar refractivity (Wildman–Crippen MR) is 131 cm³/mol. The minimum atomic E-state index is -0.474. The van der Waals surface area contributed by atoms with E-state index in [0.717, 1.165) is 29.8 Å². The van der Waals surface area contributed by atoms with Crippen molar-refractivity contribution >= 4 is 87.0 Å². The second kappa shape index (κ2) is 8.04. The SMILES string of the molecule is O[C@@H](CSc1nc2ccccc2s1)Cn1c2ccc(Br)cc2c2cc(Br)ccc21. The van der Waals surface area contributed by atoms with E-state index in [1.165, 1.54) is 15.5 Å². The summed E-state index contributed by atoms with van der Waals surface area (Å²) in [5.41, 5.74) is 3.28. The molecule has 0 bridgehead atoms. The zero-order valence-electron chi connectivity index (χ0n) is 15.2. The Bertz CT molecular complexity index is 1250. The van der Waals surface area contributed by atoms with Crippen LogP contribution in [0.1, 0.15) is 0 Å². The number of benzene rings is 3. The zero-order valence-corrected chi connectivity index (χ0v) is 20.0. The summed E-state index contributed by atoms with van der Waals surface area (Å²) in [6.07, 6.45) is -0.474. The highest BCUT2D eigenvalue weighted by atomic mass is 79.9. The molecule has 0 aliphatic heterocycles. The van der Waals surface area contributed by atoms with Crippen molar-refractivity contribution in [1.29, 1.82) is 0 Å². The molecule has 0 saturated carbocycles. The van der Waals surface area contributed by atoms with Crippen molar-refractivity contribution < 1.29 is 5.11 Å². The first kappa shape index (κ1) is 19.6. The molecule has 2 aromatic heterocycles. The summed E-state index contributed by atoms with van der Waals surface area (Å²) in [4.78, 5) is 4.65. The first-order valence-corrected chi connectivity index (χ1v) is 12.5. The van der Waals surface area contributed by atoms with Gasteiger partial charge in [0.1, 0.15) is 0 Å². The molecule has 0 fully saturated rings. The lowest BCUT2D eigenvalue weighted by Gasteiger charge is -2.13. The fourth-order valence-corrected chi connectivity index (χ4v) is 6.32. The summed E-state index contributed by atoms with van der Waals surface area (Å²) < 4.78 is 6.50. The number of aliphatic hydroxyl groups excluding tert-OH is 1. The van der Waals surface area contributed by atoms with Gasteiger partial charge in [0.2, 0.25) is 0 Å². The lowest BCUT2D eigenvalue weighted by atomic mass is 10.2. The second-order valence-electron chi connectivity index (χ2n) is 6.85. The standard InChI is InChI=1S/C22H16Br2N2OS2/c23-13-5-7-19-16(9-13)17-10-14(24)6-8-20(17)26(19)11-15(27)12-28-22-25-18-3-1-2-4-21(18)29-22/h1-10,15,27H,11-12H2/t15-/m1/s1. The number of aromatic nitrogens is 2.